The normalized spacial score (nSPS) is 16.3. The van der Waals surface area contributed by atoms with Gasteiger partial charge in [0.05, 0.1) is 6.04 Å². The quantitative estimate of drug-likeness (QED) is 0.839. The highest BCUT2D eigenvalue weighted by molar-refractivity contribution is 5.81. The first-order valence-electron chi connectivity index (χ1n) is 7.60. The lowest BCUT2D eigenvalue weighted by molar-refractivity contribution is -0.129. The van der Waals surface area contributed by atoms with Gasteiger partial charge in [0.15, 0.2) is 0 Å². The van der Waals surface area contributed by atoms with Gasteiger partial charge in [0, 0.05) is 45.3 Å². The Kier molecular flexibility index (Phi) is 5.38. The van der Waals surface area contributed by atoms with E-state index in [1.807, 2.05) is 23.1 Å². The molecule has 6 nitrogen and oxygen atoms in total. The Morgan fingerprint density at radius 2 is 1.86 bits per heavy atom. The predicted molar refractivity (Wildman–Crippen MR) is 86.4 cm³/mol. The summed E-state index contributed by atoms with van der Waals surface area (Å²) in [5.74, 6) is -0.0340. The molecule has 22 heavy (non-hydrogen) atoms. The Labute approximate surface area is 131 Å². The molecule has 1 fully saturated rings. The van der Waals surface area contributed by atoms with Crippen LogP contribution >= 0.6 is 0 Å². The standard InChI is InChI=1S/C16H24N4O2/c1-12(17)16(22)18-11-14-5-3-4-6-15(14)20-9-7-19(8-10-20)13(2)21/h3-6,12H,7-11,17H2,1-2H3,(H,18,22)/t12-/m1/s1. The average Bonchev–Trinajstić information content (AvgIpc) is 2.52. The van der Waals surface area contributed by atoms with Crippen LogP contribution in [-0.4, -0.2) is 48.9 Å². The summed E-state index contributed by atoms with van der Waals surface area (Å²) in [5.41, 5.74) is 7.73. The predicted octanol–water partition coefficient (Wildman–Crippen LogP) is 0.319. The number of carbonyl (C=O) groups excluding carboxylic acids is 2. The highest BCUT2D eigenvalue weighted by atomic mass is 16.2. The van der Waals surface area contributed by atoms with E-state index in [0.717, 1.165) is 37.4 Å². The fourth-order valence-corrected chi connectivity index (χ4v) is 2.57. The summed E-state index contributed by atoms with van der Waals surface area (Å²) >= 11 is 0. The minimum absolute atomic E-state index is 0.122. The van der Waals surface area contributed by atoms with Crippen molar-refractivity contribution in [1.82, 2.24) is 10.2 Å². The molecular weight excluding hydrogens is 280 g/mol. The van der Waals surface area contributed by atoms with Crippen molar-refractivity contribution in [2.75, 3.05) is 31.1 Å². The van der Waals surface area contributed by atoms with Crippen molar-refractivity contribution in [1.29, 1.82) is 0 Å². The number of nitrogens with one attached hydrogen (secondary N) is 1. The zero-order valence-corrected chi connectivity index (χ0v) is 13.2. The number of piperazine rings is 1. The molecule has 0 unspecified atom stereocenters. The molecule has 2 rings (SSSR count). The maximum Gasteiger partial charge on any atom is 0.236 e. The summed E-state index contributed by atoms with van der Waals surface area (Å²) in [6, 6.07) is 7.50. The fraction of sp³-hybridized carbons (Fsp3) is 0.500. The molecule has 0 aliphatic carbocycles. The van der Waals surface area contributed by atoms with E-state index in [2.05, 4.69) is 16.3 Å². The summed E-state index contributed by atoms with van der Waals surface area (Å²) in [6.45, 7) is 6.81. The molecule has 0 radical (unpaired) electrons. The Morgan fingerprint density at radius 3 is 2.45 bits per heavy atom. The number of rotatable bonds is 4. The molecule has 0 bridgehead atoms. The van der Waals surface area contributed by atoms with Crippen LogP contribution in [0.15, 0.2) is 24.3 Å². The van der Waals surface area contributed by atoms with Crippen LogP contribution in [0.2, 0.25) is 0 Å². The Balaban J connectivity index is 2.03. The van der Waals surface area contributed by atoms with Crippen LogP contribution < -0.4 is 16.0 Å². The second kappa shape index (κ2) is 7.26. The van der Waals surface area contributed by atoms with Gasteiger partial charge >= 0.3 is 0 Å². The number of benzene rings is 1. The van der Waals surface area contributed by atoms with Crippen LogP contribution in [0.1, 0.15) is 19.4 Å². The molecule has 3 N–H and O–H groups in total. The van der Waals surface area contributed by atoms with Gasteiger partial charge in [0.2, 0.25) is 11.8 Å². The van der Waals surface area contributed by atoms with E-state index in [0.29, 0.717) is 6.54 Å². The van der Waals surface area contributed by atoms with Crippen molar-refractivity contribution in [3.05, 3.63) is 29.8 Å². The topological polar surface area (TPSA) is 78.7 Å². The van der Waals surface area contributed by atoms with E-state index in [9.17, 15) is 9.59 Å². The summed E-state index contributed by atoms with van der Waals surface area (Å²) in [6.07, 6.45) is 0. The van der Waals surface area contributed by atoms with Crippen LogP contribution in [-0.2, 0) is 16.1 Å². The van der Waals surface area contributed by atoms with Crippen LogP contribution in [0.3, 0.4) is 0 Å². The lowest BCUT2D eigenvalue weighted by atomic mass is 10.1. The number of para-hydroxylation sites is 1. The van der Waals surface area contributed by atoms with Crippen molar-refractivity contribution in [3.8, 4) is 0 Å². The van der Waals surface area contributed by atoms with Gasteiger partial charge in [0.1, 0.15) is 0 Å². The van der Waals surface area contributed by atoms with Crippen molar-refractivity contribution >= 4 is 17.5 Å². The van der Waals surface area contributed by atoms with Gasteiger partial charge in [-0.05, 0) is 18.6 Å². The highest BCUT2D eigenvalue weighted by Crippen LogP contribution is 2.21. The van der Waals surface area contributed by atoms with Crippen molar-refractivity contribution in [2.24, 2.45) is 5.73 Å². The lowest BCUT2D eigenvalue weighted by Gasteiger charge is -2.36. The first-order valence-corrected chi connectivity index (χ1v) is 7.60. The van der Waals surface area contributed by atoms with Crippen LogP contribution in [0.4, 0.5) is 5.69 Å². The van der Waals surface area contributed by atoms with Gasteiger partial charge in [-0.15, -0.1) is 0 Å². The number of carbonyl (C=O) groups is 2. The van der Waals surface area contributed by atoms with Crippen molar-refractivity contribution < 1.29 is 9.59 Å². The van der Waals surface area contributed by atoms with E-state index in [-0.39, 0.29) is 11.8 Å². The Bertz CT molecular complexity index is 537. The zero-order chi connectivity index (χ0) is 16.1. The highest BCUT2D eigenvalue weighted by Gasteiger charge is 2.20. The average molecular weight is 304 g/mol. The first-order chi connectivity index (χ1) is 10.5. The van der Waals surface area contributed by atoms with Gasteiger partial charge in [-0.2, -0.15) is 0 Å². The molecule has 2 amide bonds. The summed E-state index contributed by atoms with van der Waals surface area (Å²) < 4.78 is 0. The minimum Gasteiger partial charge on any atom is -0.368 e. The number of hydrogen-bond donors (Lipinski definition) is 2. The number of amides is 2. The lowest BCUT2D eigenvalue weighted by Crippen LogP contribution is -2.48. The van der Waals surface area contributed by atoms with E-state index in [1.165, 1.54) is 0 Å². The first kappa shape index (κ1) is 16.3. The molecule has 1 aliphatic heterocycles. The number of anilines is 1. The molecule has 1 aromatic carbocycles. The van der Waals surface area contributed by atoms with Gasteiger partial charge in [-0.3, -0.25) is 9.59 Å². The van der Waals surface area contributed by atoms with Gasteiger partial charge < -0.3 is 20.9 Å². The molecule has 6 heteroatoms. The molecule has 1 saturated heterocycles. The molecule has 0 saturated carbocycles. The third-order valence-electron chi connectivity index (χ3n) is 3.92. The zero-order valence-electron chi connectivity index (χ0n) is 13.2. The SMILES string of the molecule is CC(=O)N1CCN(c2ccccc2CNC(=O)[C@@H](C)N)CC1. The van der Waals surface area contributed by atoms with Crippen molar-refractivity contribution in [3.63, 3.8) is 0 Å². The number of nitrogens with zero attached hydrogens (tertiary/aromatic N) is 2. The minimum atomic E-state index is -0.508. The van der Waals surface area contributed by atoms with E-state index >= 15 is 0 Å². The van der Waals surface area contributed by atoms with E-state index in [1.54, 1.807) is 13.8 Å². The maximum absolute atomic E-state index is 11.6. The largest absolute Gasteiger partial charge is 0.368 e. The molecule has 120 valence electrons. The fourth-order valence-electron chi connectivity index (χ4n) is 2.57. The van der Waals surface area contributed by atoms with Crippen LogP contribution in [0.25, 0.3) is 0 Å². The number of hydrogen-bond acceptors (Lipinski definition) is 4. The summed E-state index contributed by atoms with van der Waals surface area (Å²) in [7, 11) is 0. The molecule has 0 spiro atoms. The molecule has 1 atom stereocenters. The number of nitrogens with two attached hydrogens (primary N) is 1. The molecular formula is C16H24N4O2. The molecule has 1 aromatic rings. The van der Waals surface area contributed by atoms with Crippen LogP contribution in [0.5, 0.6) is 0 Å². The second-order valence-corrected chi connectivity index (χ2v) is 5.63. The van der Waals surface area contributed by atoms with E-state index in [4.69, 9.17) is 5.73 Å². The van der Waals surface area contributed by atoms with Crippen LogP contribution in [0, 0.1) is 0 Å². The molecule has 1 aliphatic rings. The molecule has 1 heterocycles. The third-order valence-corrected chi connectivity index (χ3v) is 3.92. The Hall–Kier alpha value is -2.08. The van der Waals surface area contributed by atoms with Crippen molar-refractivity contribution in [2.45, 2.75) is 26.4 Å². The maximum atomic E-state index is 11.6. The van der Waals surface area contributed by atoms with Gasteiger partial charge in [-0.1, -0.05) is 18.2 Å². The second-order valence-electron chi connectivity index (χ2n) is 5.63. The third kappa shape index (κ3) is 3.98. The summed E-state index contributed by atoms with van der Waals surface area (Å²) in [4.78, 5) is 27.1. The van der Waals surface area contributed by atoms with E-state index < -0.39 is 6.04 Å². The summed E-state index contributed by atoms with van der Waals surface area (Å²) in [5, 5.41) is 2.85. The van der Waals surface area contributed by atoms with Gasteiger partial charge in [-0.25, -0.2) is 0 Å². The van der Waals surface area contributed by atoms with Gasteiger partial charge in [0.25, 0.3) is 0 Å². The Morgan fingerprint density at radius 1 is 1.23 bits per heavy atom. The molecule has 0 aromatic heterocycles. The smallest absolute Gasteiger partial charge is 0.236 e. The monoisotopic (exact) mass is 304 g/mol.